The smallest absolute Gasteiger partial charge is 0.127 e. The fraction of sp³-hybridized carbons (Fsp3) is 0.500. The summed E-state index contributed by atoms with van der Waals surface area (Å²) in [5.41, 5.74) is 16.5. The summed E-state index contributed by atoms with van der Waals surface area (Å²) in [4.78, 5) is 0. The molecule has 4 aromatic carbocycles. The minimum absolute atomic E-state index is 0.137. The van der Waals surface area contributed by atoms with Gasteiger partial charge in [-0.3, -0.25) is 0 Å². The van der Waals surface area contributed by atoms with Crippen molar-refractivity contribution < 1.29 is 9.47 Å². The Morgan fingerprint density at radius 1 is 0.661 bits per heavy atom. The van der Waals surface area contributed by atoms with E-state index < -0.39 is 0 Å². The molecule has 0 aliphatic heterocycles. The van der Waals surface area contributed by atoms with E-state index in [1.54, 1.807) is 0 Å². The number of nitrogens with two attached hydrogens (primary N) is 2. The molecule has 0 radical (unpaired) electrons. The highest BCUT2D eigenvalue weighted by molar-refractivity contribution is 5.48. The number of rotatable bonds is 13. The minimum atomic E-state index is -0.137. The average Bonchev–Trinajstić information content (AvgIpc) is 3.54. The molecule has 3 aliphatic rings. The summed E-state index contributed by atoms with van der Waals surface area (Å²) in [5, 5.41) is 0. The lowest BCUT2D eigenvalue weighted by Crippen LogP contribution is -2.50. The van der Waals surface area contributed by atoms with E-state index in [4.69, 9.17) is 20.9 Å². The lowest BCUT2D eigenvalue weighted by atomic mass is 9.47. The van der Waals surface area contributed by atoms with Gasteiger partial charge in [0.15, 0.2) is 0 Å². The Morgan fingerprint density at radius 3 is 1.64 bits per heavy atom. The Kier molecular flexibility index (Phi) is 11.7. The normalized spacial score (nSPS) is 28.8. The lowest BCUT2D eigenvalue weighted by molar-refractivity contribution is -0.0204. The highest BCUT2D eigenvalue weighted by Gasteiger charge is 2.57. The van der Waals surface area contributed by atoms with Crippen molar-refractivity contribution in [2.75, 3.05) is 11.5 Å². The molecule has 0 aromatic heterocycles. The third kappa shape index (κ3) is 7.87. The van der Waals surface area contributed by atoms with Crippen LogP contribution >= 0.6 is 0 Å². The molecule has 8 unspecified atom stereocenters. The maximum atomic E-state index is 6.26. The molecule has 56 heavy (non-hydrogen) atoms. The van der Waals surface area contributed by atoms with Crippen molar-refractivity contribution in [1.29, 1.82) is 0 Å². The Morgan fingerprint density at radius 2 is 1.16 bits per heavy atom. The van der Waals surface area contributed by atoms with Gasteiger partial charge < -0.3 is 20.9 Å². The Balaban J connectivity index is 1.17. The van der Waals surface area contributed by atoms with Crippen molar-refractivity contribution in [2.45, 2.75) is 112 Å². The minimum Gasteiger partial charge on any atom is -0.457 e. The lowest BCUT2D eigenvalue weighted by Gasteiger charge is -2.57. The number of hydrogen-bond acceptors (Lipinski definition) is 4. The molecule has 0 bridgehead atoms. The molecule has 2 fully saturated rings. The van der Waals surface area contributed by atoms with Gasteiger partial charge in [-0.1, -0.05) is 111 Å². The summed E-state index contributed by atoms with van der Waals surface area (Å²) in [7, 11) is 0. The molecule has 0 saturated heterocycles. The van der Waals surface area contributed by atoms with Gasteiger partial charge in [-0.15, -0.1) is 0 Å². The maximum absolute atomic E-state index is 6.26. The van der Waals surface area contributed by atoms with Crippen molar-refractivity contribution in [2.24, 2.45) is 52.3 Å². The molecule has 0 amide bonds. The number of hydrogen-bond donors (Lipinski definition) is 2. The van der Waals surface area contributed by atoms with E-state index in [0.717, 1.165) is 70.9 Å². The van der Waals surface area contributed by atoms with Crippen LogP contribution in [0.25, 0.3) is 0 Å². The third-order valence-electron chi connectivity index (χ3n) is 15.6. The van der Waals surface area contributed by atoms with Gasteiger partial charge in [-0.25, -0.2) is 0 Å². The number of anilines is 2. The third-order valence-corrected chi connectivity index (χ3v) is 15.6. The summed E-state index contributed by atoms with van der Waals surface area (Å²) in [6.45, 7) is 17.7. The highest BCUT2D eigenvalue weighted by atomic mass is 16.5. The van der Waals surface area contributed by atoms with Crippen LogP contribution in [0.1, 0.15) is 117 Å². The van der Waals surface area contributed by atoms with Gasteiger partial charge in [0.05, 0.1) is 0 Å². The number of benzene rings is 4. The van der Waals surface area contributed by atoms with Gasteiger partial charge in [0.2, 0.25) is 0 Å². The van der Waals surface area contributed by atoms with E-state index in [1.165, 1.54) is 56.1 Å². The Hall–Kier alpha value is -4.18. The van der Waals surface area contributed by atoms with Crippen molar-refractivity contribution in [3.8, 4) is 23.0 Å². The number of nitrogen functional groups attached to an aromatic ring is 2. The van der Waals surface area contributed by atoms with Gasteiger partial charge in [-0.2, -0.15) is 0 Å². The summed E-state index contributed by atoms with van der Waals surface area (Å²) < 4.78 is 12.5. The van der Waals surface area contributed by atoms with Crippen LogP contribution in [0.5, 0.6) is 23.0 Å². The number of fused-ring (bicyclic) bond motifs is 1. The van der Waals surface area contributed by atoms with E-state index in [2.05, 4.69) is 109 Å². The standard InChI is InChI=1S/C52H68N2O2/c1-8-50(6)48(36(4)11-9-10-35(2)3)30-31-49(50)47-29-16-40-34-52(33-32-51(40,7)37(47)5,38-12-21-43(22-13-38)55-45-25-17-41(53)18-26-45)39-14-23-44(24-15-39)56-46-27-19-42(54)20-28-46/h12-29,35-37,40,47-49H,8-11,30-34,53-54H2,1-7H3. The van der Waals surface area contributed by atoms with Gasteiger partial charge >= 0.3 is 0 Å². The molecule has 0 spiro atoms. The quantitative estimate of drug-likeness (QED) is 0.105. The van der Waals surface area contributed by atoms with Crippen LogP contribution in [-0.4, -0.2) is 0 Å². The van der Waals surface area contributed by atoms with Crippen LogP contribution < -0.4 is 20.9 Å². The molecule has 298 valence electrons. The topological polar surface area (TPSA) is 70.5 Å². The first-order chi connectivity index (χ1) is 26.8. The second-order valence-corrected chi connectivity index (χ2v) is 19.0. The molecule has 4 aromatic rings. The molecule has 7 rings (SSSR count). The fourth-order valence-corrected chi connectivity index (χ4v) is 11.7. The molecule has 0 heterocycles. The van der Waals surface area contributed by atoms with Crippen molar-refractivity contribution in [3.05, 3.63) is 120 Å². The SMILES string of the molecule is CCC1(C)C(C(C)CCCC(C)C)CCC1C1C=CC2CC(c3ccc(Oc4ccc(N)cc4)cc3)(c3ccc(Oc4ccc(N)cc4)cc3)CCC2(C)C1C. The molecule has 4 N–H and O–H groups in total. The number of ether oxygens (including phenoxy) is 2. The Labute approximate surface area is 338 Å². The van der Waals surface area contributed by atoms with Gasteiger partial charge in [0.25, 0.3) is 0 Å². The van der Waals surface area contributed by atoms with Crippen molar-refractivity contribution in [3.63, 3.8) is 0 Å². The van der Waals surface area contributed by atoms with Crippen molar-refractivity contribution in [1.82, 2.24) is 0 Å². The molecule has 4 heteroatoms. The first kappa shape index (κ1) is 40.0. The molecule has 2 saturated carbocycles. The molecular weight excluding hydrogens is 685 g/mol. The maximum Gasteiger partial charge on any atom is 0.127 e. The molecular formula is C52H68N2O2. The summed E-state index contributed by atoms with van der Waals surface area (Å²) in [6.07, 6.45) is 16.9. The number of allylic oxidation sites excluding steroid dienone is 2. The van der Waals surface area contributed by atoms with Crippen LogP contribution in [-0.2, 0) is 5.41 Å². The molecule has 8 atom stereocenters. The highest BCUT2D eigenvalue weighted by Crippen LogP contribution is 2.64. The summed E-state index contributed by atoms with van der Waals surface area (Å²) in [5.74, 6) is 8.18. The summed E-state index contributed by atoms with van der Waals surface area (Å²) >= 11 is 0. The zero-order valence-corrected chi connectivity index (χ0v) is 35.3. The van der Waals surface area contributed by atoms with E-state index >= 15 is 0 Å². The van der Waals surface area contributed by atoms with E-state index in [-0.39, 0.29) is 10.8 Å². The monoisotopic (exact) mass is 753 g/mol. The average molecular weight is 753 g/mol. The van der Waals surface area contributed by atoms with Crippen LogP contribution in [0.4, 0.5) is 11.4 Å². The molecule has 3 aliphatic carbocycles. The Bertz CT molecular complexity index is 1820. The zero-order valence-electron chi connectivity index (χ0n) is 35.3. The fourth-order valence-electron chi connectivity index (χ4n) is 11.7. The van der Waals surface area contributed by atoms with Crippen LogP contribution in [0, 0.1) is 52.3 Å². The first-order valence-electron chi connectivity index (χ1n) is 21.8. The predicted octanol–water partition coefficient (Wildman–Crippen LogP) is 14.3. The van der Waals surface area contributed by atoms with Gasteiger partial charge in [-0.05, 0) is 168 Å². The summed E-state index contributed by atoms with van der Waals surface area (Å²) in [6, 6.07) is 33.0. The second kappa shape index (κ2) is 16.4. The van der Waals surface area contributed by atoms with E-state index in [0.29, 0.717) is 23.2 Å². The van der Waals surface area contributed by atoms with Crippen molar-refractivity contribution >= 4 is 11.4 Å². The van der Waals surface area contributed by atoms with E-state index in [9.17, 15) is 0 Å². The van der Waals surface area contributed by atoms with Crippen LogP contribution in [0.2, 0.25) is 0 Å². The zero-order chi connectivity index (χ0) is 39.7. The largest absolute Gasteiger partial charge is 0.457 e. The molecule has 4 nitrogen and oxygen atoms in total. The first-order valence-corrected chi connectivity index (χ1v) is 21.8. The predicted molar refractivity (Wildman–Crippen MR) is 235 cm³/mol. The van der Waals surface area contributed by atoms with Crippen LogP contribution in [0.15, 0.2) is 109 Å². The second-order valence-electron chi connectivity index (χ2n) is 19.0. The van der Waals surface area contributed by atoms with E-state index in [1.807, 2.05) is 48.5 Å². The van der Waals surface area contributed by atoms with Gasteiger partial charge in [0.1, 0.15) is 23.0 Å². The van der Waals surface area contributed by atoms with Crippen LogP contribution in [0.3, 0.4) is 0 Å². The van der Waals surface area contributed by atoms with Gasteiger partial charge in [0, 0.05) is 16.8 Å².